The van der Waals surface area contributed by atoms with E-state index in [1.165, 1.54) is 0 Å². The predicted molar refractivity (Wildman–Crippen MR) is 68.8 cm³/mol. The number of likely N-dealkylation sites (N-methyl/N-ethyl adjacent to an activating group) is 1. The molecule has 0 bridgehead atoms. The van der Waals surface area contributed by atoms with E-state index in [0.29, 0.717) is 6.04 Å². The van der Waals surface area contributed by atoms with E-state index in [1.54, 1.807) is 0 Å². The van der Waals surface area contributed by atoms with Gasteiger partial charge in [0.25, 0.3) is 0 Å². The van der Waals surface area contributed by atoms with Gasteiger partial charge in [0.05, 0.1) is 12.2 Å². The van der Waals surface area contributed by atoms with E-state index >= 15 is 0 Å². The zero-order valence-corrected chi connectivity index (χ0v) is 11.5. The van der Waals surface area contributed by atoms with Crippen LogP contribution in [-0.2, 0) is 4.74 Å². The lowest BCUT2D eigenvalue weighted by molar-refractivity contribution is 0.0775. The first kappa shape index (κ1) is 14.4. The van der Waals surface area contributed by atoms with Gasteiger partial charge in [-0.1, -0.05) is 6.92 Å². The van der Waals surface area contributed by atoms with Crippen LogP contribution in [-0.4, -0.2) is 49.3 Å². The van der Waals surface area contributed by atoms with Gasteiger partial charge in [-0.25, -0.2) is 0 Å². The van der Waals surface area contributed by atoms with Crippen molar-refractivity contribution in [2.75, 3.05) is 26.7 Å². The van der Waals surface area contributed by atoms with Gasteiger partial charge in [-0.2, -0.15) is 5.26 Å². The SMILES string of the molecule is CCCNC(C)(C#N)CN(C)C1CCOC1C. The molecule has 1 aliphatic rings. The molecule has 3 atom stereocenters. The van der Waals surface area contributed by atoms with Crippen LogP contribution in [0.2, 0.25) is 0 Å². The fourth-order valence-corrected chi connectivity index (χ4v) is 2.45. The van der Waals surface area contributed by atoms with Crippen LogP contribution < -0.4 is 5.32 Å². The summed E-state index contributed by atoms with van der Waals surface area (Å²) in [4.78, 5) is 2.25. The molecule has 0 aromatic carbocycles. The van der Waals surface area contributed by atoms with Crippen molar-refractivity contribution in [3.8, 4) is 6.07 Å². The standard InChI is InChI=1S/C13H25N3O/c1-5-7-15-13(3,9-14)10-16(4)12-6-8-17-11(12)2/h11-12,15H,5-8,10H2,1-4H3. The molecule has 0 spiro atoms. The quantitative estimate of drug-likeness (QED) is 0.760. The maximum absolute atomic E-state index is 9.30. The van der Waals surface area contributed by atoms with Crippen LogP contribution in [0.5, 0.6) is 0 Å². The second kappa shape index (κ2) is 6.34. The van der Waals surface area contributed by atoms with Gasteiger partial charge in [-0.3, -0.25) is 10.2 Å². The summed E-state index contributed by atoms with van der Waals surface area (Å²) in [6, 6.07) is 2.83. The highest BCUT2D eigenvalue weighted by Crippen LogP contribution is 2.19. The molecule has 0 saturated carbocycles. The molecule has 1 fully saturated rings. The number of rotatable bonds is 6. The molecule has 0 amide bonds. The fourth-order valence-electron chi connectivity index (χ4n) is 2.45. The van der Waals surface area contributed by atoms with Crippen molar-refractivity contribution in [1.29, 1.82) is 5.26 Å². The molecule has 1 aliphatic heterocycles. The molecule has 1 N–H and O–H groups in total. The Morgan fingerprint density at radius 1 is 1.59 bits per heavy atom. The third-order valence-electron chi connectivity index (χ3n) is 3.48. The lowest BCUT2D eigenvalue weighted by Crippen LogP contribution is -2.53. The topological polar surface area (TPSA) is 48.3 Å². The summed E-state index contributed by atoms with van der Waals surface area (Å²) in [5.41, 5.74) is -0.465. The van der Waals surface area contributed by atoms with E-state index < -0.39 is 5.54 Å². The van der Waals surface area contributed by atoms with Crippen LogP contribution in [0.15, 0.2) is 0 Å². The van der Waals surface area contributed by atoms with E-state index in [9.17, 15) is 5.26 Å². The summed E-state index contributed by atoms with van der Waals surface area (Å²) in [6.07, 6.45) is 2.38. The smallest absolute Gasteiger partial charge is 0.116 e. The van der Waals surface area contributed by atoms with Gasteiger partial charge in [0.1, 0.15) is 5.54 Å². The number of ether oxygens (including phenoxy) is 1. The van der Waals surface area contributed by atoms with Crippen LogP contribution >= 0.6 is 0 Å². The van der Waals surface area contributed by atoms with Crippen LogP contribution in [0.4, 0.5) is 0 Å². The summed E-state index contributed by atoms with van der Waals surface area (Å²) in [5, 5.41) is 12.6. The summed E-state index contributed by atoms with van der Waals surface area (Å²) in [7, 11) is 2.08. The highest BCUT2D eigenvalue weighted by Gasteiger charge is 2.32. The normalized spacial score (nSPS) is 28.0. The van der Waals surface area contributed by atoms with Crippen molar-refractivity contribution in [3.63, 3.8) is 0 Å². The largest absolute Gasteiger partial charge is 0.377 e. The van der Waals surface area contributed by atoms with Gasteiger partial charge in [0.2, 0.25) is 0 Å². The van der Waals surface area contributed by atoms with Crippen molar-refractivity contribution >= 4 is 0 Å². The minimum atomic E-state index is -0.465. The first-order valence-corrected chi connectivity index (χ1v) is 6.50. The maximum atomic E-state index is 9.30. The van der Waals surface area contributed by atoms with Gasteiger partial charge in [0.15, 0.2) is 0 Å². The molecule has 1 heterocycles. The zero-order chi connectivity index (χ0) is 12.9. The minimum absolute atomic E-state index is 0.272. The predicted octanol–water partition coefficient (Wildman–Crippen LogP) is 1.38. The summed E-state index contributed by atoms with van der Waals surface area (Å²) >= 11 is 0. The average Bonchev–Trinajstić information content (AvgIpc) is 2.73. The lowest BCUT2D eigenvalue weighted by atomic mass is 10.0. The molecule has 4 heteroatoms. The number of nitrogens with zero attached hydrogens (tertiary/aromatic N) is 2. The molecule has 17 heavy (non-hydrogen) atoms. The van der Waals surface area contributed by atoms with E-state index in [0.717, 1.165) is 32.5 Å². The lowest BCUT2D eigenvalue weighted by Gasteiger charge is -2.33. The van der Waals surface area contributed by atoms with Crippen molar-refractivity contribution in [2.45, 2.75) is 51.3 Å². The first-order chi connectivity index (χ1) is 8.02. The molecule has 0 aromatic rings. The molecule has 0 aliphatic carbocycles. The Hall–Kier alpha value is -0.630. The number of hydrogen-bond donors (Lipinski definition) is 1. The van der Waals surface area contributed by atoms with Gasteiger partial charge >= 0.3 is 0 Å². The van der Waals surface area contributed by atoms with Crippen molar-refractivity contribution < 1.29 is 4.74 Å². The van der Waals surface area contributed by atoms with E-state index in [2.05, 4.69) is 37.2 Å². The highest BCUT2D eigenvalue weighted by molar-refractivity contribution is 5.06. The third kappa shape index (κ3) is 3.95. The van der Waals surface area contributed by atoms with Crippen LogP contribution in [0.1, 0.15) is 33.6 Å². The minimum Gasteiger partial charge on any atom is -0.377 e. The summed E-state index contributed by atoms with van der Waals surface area (Å²) in [6.45, 7) is 8.65. The van der Waals surface area contributed by atoms with Gasteiger partial charge in [-0.15, -0.1) is 0 Å². The van der Waals surface area contributed by atoms with Gasteiger partial charge < -0.3 is 4.74 Å². The number of nitriles is 1. The summed E-state index contributed by atoms with van der Waals surface area (Å²) < 4.78 is 5.57. The molecule has 0 aromatic heterocycles. The molecular weight excluding hydrogens is 214 g/mol. The Morgan fingerprint density at radius 2 is 2.29 bits per heavy atom. The Bertz CT molecular complexity index is 276. The van der Waals surface area contributed by atoms with E-state index in [4.69, 9.17) is 4.74 Å². The van der Waals surface area contributed by atoms with Gasteiger partial charge in [-0.05, 0) is 40.3 Å². The highest BCUT2D eigenvalue weighted by atomic mass is 16.5. The molecule has 3 unspecified atom stereocenters. The van der Waals surface area contributed by atoms with E-state index in [1.807, 2.05) is 6.92 Å². The van der Waals surface area contributed by atoms with Crippen molar-refractivity contribution in [1.82, 2.24) is 10.2 Å². The second-order valence-electron chi connectivity index (χ2n) is 5.22. The first-order valence-electron chi connectivity index (χ1n) is 6.50. The molecule has 1 saturated heterocycles. The van der Waals surface area contributed by atoms with Crippen molar-refractivity contribution in [2.24, 2.45) is 0 Å². The molecule has 0 radical (unpaired) electrons. The second-order valence-corrected chi connectivity index (χ2v) is 5.22. The Balaban J connectivity index is 2.52. The van der Waals surface area contributed by atoms with Crippen LogP contribution in [0.3, 0.4) is 0 Å². The average molecular weight is 239 g/mol. The fraction of sp³-hybridized carbons (Fsp3) is 0.923. The number of nitrogens with one attached hydrogen (secondary N) is 1. The molecule has 1 rings (SSSR count). The van der Waals surface area contributed by atoms with Crippen LogP contribution in [0, 0.1) is 11.3 Å². The zero-order valence-electron chi connectivity index (χ0n) is 11.5. The Labute approximate surface area is 105 Å². The van der Waals surface area contributed by atoms with Gasteiger partial charge in [0, 0.05) is 19.2 Å². The molecule has 98 valence electrons. The Kier molecular flexibility index (Phi) is 5.38. The van der Waals surface area contributed by atoms with Crippen LogP contribution in [0.25, 0.3) is 0 Å². The molecule has 4 nitrogen and oxygen atoms in total. The van der Waals surface area contributed by atoms with Crippen molar-refractivity contribution in [3.05, 3.63) is 0 Å². The third-order valence-corrected chi connectivity index (χ3v) is 3.48. The number of hydrogen-bond acceptors (Lipinski definition) is 4. The van der Waals surface area contributed by atoms with E-state index in [-0.39, 0.29) is 6.10 Å². The maximum Gasteiger partial charge on any atom is 0.116 e. The monoisotopic (exact) mass is 239 g/mol. The Morgan fingerprint density at radius 3 is 2.76 bits per heavy atom. The molecular formula is C13H25N3O. The summed E-state index contributed by atoms with van der Waals surface area (Å²) in [5.74, 6) is 0.